The second-order valence-electron chi connectivity index (χ2n) is 3.44. The van der Waals surface area contributed by atoms with Crippen LogP contribution in [0.3, 0.4) is 0 Å². The van der Waals surface area contributed by atoms with E-state index >= 15 is 0 Å². The molecule has 0 aromatic rings. The van der Waals surface area contributed by atoms with Crippen LogP contribution in [0.15, 0.2) is 12.2 Å². The Morgan fingerprint density at radius 3 is 2.86 bits per heavy atom. The van der Waals surface area contributed by atoms with Gasteiger partial charge in [-0.2, -0.15) is 0 Å². The summed E-state index contributed by atoms with van der Waals surface area (Å²) in [5.41, 5.74) is 0. The molecule has 0 aromatic heterocycles. The Kier molecular flexibility index (Phi) is 3.57. The van der Waals surface area contributed by atoms with Gasteiger partial charge in [0.05, 0.1) is 6.54 Å². The van der Waals surface area contributed by atoms with Gasteiger partial charge in [-0.15, -0.1) is 0 Å². The van der Waals surface area contributed by atoms with Gasteiger partial charge in [0, 0.05) is 19.0 Å². The molecule has 1 rings (SSSR count). The predicted molar refractivity (Wildman–Crippen MR) is 47.4 cm³/mol. The molecule has 1 N–H and O–H groups in total. The summed E-state index contributed by atoms with van der Waals surface area (Å²) in [5, 5.41) is 8.29. The summed E-state index contributed by atoms with van der Waals surface area (Å²) in [4.78, 5) is 11.7. The highest BCUT2D eigenvalue weighted by Gasteiger charge is 2.34. The number of nitrogens with zero attached hydrogens (tertiary/aromatic N) is 1. The largest absolute Gasteiger partial charge is 0.478 e. The van der Waals surface area contributed by atoms with Crippen LogP contribution in [0.25, 0.3) is 0 Å². The van der Waals surface area contributed by atoms with Gasteiger partial charge >= 0.3 is 5.97 Å². The molecule has 0 aliphatic carbocycles. The van der Waals surface area contributed by atoms with E-state index in [1.807, 2.05) is 0 Å². The molecule has 1 aliphatic rings. The first kappa shape index (κ1) is 11.1. The van der Waals surface area contributed by atoms with Crippen LogP contribution >= 0.6 is 0 Å². The summed E-state index contributed by atoms with van der Waals surface area (Å²) in [7, 11) is 0. The van der Waals surface area contributed by atoms with Crippen molar-refractivity contribution in [3.63, 3.8) is 0 Å². The van der Waals surface area contributed by atoms with Crippen molar-refractivity contribution < 1.29 is 18.7 Å². The number of likely N-dealkylation sites (tertiary alicyclic amines) is 1. The third-order valence-corrected chi connectivity index (χ3v) is 2.10. The van der Waals surface area contributed by atoms with E-state index in [0.717, 1.165) is 6.08 Å². The molecule has 0 radical (unpaired) electrons. The Balaban J connectivity index is 2.35. The Morgan fingerprint density at radius 2 is 2.29 bits per heavy atom. The minimum absolute atomic E-state index is 0.0633. The first-order valence-electron chi connectivity index (χ1n) is 4.49. The number of carboxylic acids is 1. The SMILES string of the molecule is O=C(O)C=CCN1CCCC(F)(F)C1. The van der Waals surface area contributed by atoms with Crippen LogP contribution in [-0.4, -0.2) is 41.5 Å². The maximum absolute atomic E-state index is 12.9. The number of carboxylic acid groups (broad SMARTS) is 1. The van der Waals surface area contributed by atoms with Crippen molar-refractivity contribution >= 4 is 5.97 Å². The van der Waals surface area contributed by atoms with Gasteiger partial charge in [-0.3, -0.25) is 4.90 Å². The highest BCUT2D eigenvalue weighted by Crippen LogP contribution is 2.26. The van der Waals surface area contributed by atoms with Crippen LogP contribution < -0.4 is 0 Å². The van der Waals surface area contributed by atoms with Crippen molar-refractivity contribution in [1.82, 2.24) is 4.90 Å². The lowest BCUT2D eigenvalue weighted by Gasteiger charge is -2.31. The van der Waals surface area contributed by atoms with E-state index in [1.54, 1.807) is 4.90 Å². The zero-order valence-corrected chi connectivity index (χ0v) is 7.75. The van der Waals surface area contributed by atoms with Gasteiger partial charge < -0.3 is 5.11 Å². The van der Waals surface area contributed by atoms with E-state index in [1.165, 1.54) is 6.08 Å². The standard InChI is InChI=1S/C9H13F2NO2/c10-9(11)4-2-6-12(7-9)5-1-3-8(13)14/h1,3H,2,4-7H2,(H,13,14). The molecule has 0 bridgehead atoms. The highest BCUT2D eigenvalue weighted by atomic mass is 19.3. The summed E-state index contributed by atoms with van der Waals surface area (Å²) in [6, 6.07) is 0. The van der Waals surface area contributed by atoms with Crippen LogP contribution in [0.5, 0.6) is 0 Å². The Bertz CT molecular complexity index is 241. The Hall–Kier alpha value is -0.970. The molecule has 1 fully saturated rings. The van der Waals surface area contributed by atoms with Gasteiger partial charge in [0.1, 0.15) is 0 Å². The predicted octanol–water partition coefficient (Wildman–Crippen LogP) is 1.36. The lowest BCUT2D eigenvalue weighted by atomic mass is 10.1. The number of piperidine rings is 1. The zero-order chi connectivity index (χ0) is 10.6. The van der Waals surface area contributed by atoms with Crippen molar-refractivity contribution in [3.8, 4) is 0 Å². The van der Waals surface area contributed by atoms with E-state index in [-0.39, 0.29) is 19.5 Å². The molecular formula is C9H13F2NO2. The van der Waals surface area contributed by atoms with Crippen LogP contribution in [0.2, 0.25) is 0 Å². The van der Waals surface area contributed by atoms with E-state index in [2.05, 4.69) is 0 Å². The Morgan fingerprint density at radius 1 is 1.57 bits per heavy atom. The molecule has 0 saturated carbocycles. The number of aliphatic carboxylic acids is 1. The van der Waals surface area contributed by atoms with Gasteiger partial charge in [-0.1, -0.05) is 6.08 Å². The number of alkyl halides is 2. The third-order valence-electron chi connectivity index (χ3n) is 2.10. The minimum atomic E-state index is -2.62. The molecule has 0 unspecified atom stereocenters. The average molecular weight is 205 g/mol. The van der Waals surface area contributed by atoms with Gasteiger partial charge in [0.2, 0.25) is 0 Å². The third kappa shape index (κ3) is 3.83. The summed E-state index contributed by atoms with van der Waals surface area (Å²) in [6.45, 7) is 0.623. The molecule has 5 heteroatoms. The van der Waals surface area contributed by atoms with Crippen molar-refractivity contribution in [2.75, 3.05) is 19.6 Å². The first-order chi connectivity index (χ1) is 6.49. The fourth-order valence-corrected chi connectivity index (χ4v) is 1.50. The monoisotopic (exact) mass is 205 g/mol. The van der Waals surface area contributed by atoms with Crippen LogP contribution in [0.1, 0.15) is 12.8 Å². The topological polar surface area (TPSA) is 40.5 Å². The second kappa shape index (κ2) is 4.50. The minimum Gasteiger partial charge on any atom is -0.478 e. The van der Waals surface area contributed by atoms with Gasteiger partial charge in [0.25, 0.3) is 5.92 Å². The molecule has 1 aliphatic heterocycles. The van der Waals surface area contributed by atoms with E-state index in [0.29, 0.717) is 13.0 Å². The average Bonchev–Trinajstić information content (AvgIpc) is 2.01. The van der Waals surface area contributed by atoms with Crippen molar-refractivity contribution in [2.24, 2.45) is 0 Å². The van der Waals surface area contributed by atoms with Crippen LogP contribution in [0, 0.1) is 0 Å². The maximum atomic E-state index is 12.9. The van der Waals surface area contributed by atoms with E-state index in [9.17, 15) is 13.6 Å². The molecule has 14 heavy (non-hydrogen) atoms. The number of rotatable bonds is 3. The number of hydrogen-bond donors (Lipinski definition) is 1. The lowest BCUT2D eigenvalue weighted by molar-refractivity contribution is -0.131. The van der Waals surface area contributed by atoms with Crippen molar-refractivity contribution in [1.29, 1.82) is 0 Å². The number of hydrogen-bond acceptors (Lipinski definition) is 2. The van der Waals surface area contributed by atoms with Crippen LogP contribution in [-0.2, 0) is 4.79 Å². The second-order valence-corrected chi connectivity index (χ2v) is 3.44. The quantitative estimate of drug-likeness (QED) is 0.707. The zero-order valence-electron chi connectivity index (χ0n) is 7.75. The summed E-state index contributed by atoms with van der Waals surface area (Å²) < 4.78 is 25.7. The summed E-state index contributed by atoms with van der Waals surface area (Å²) >= 11 is 0. The van der Waals surface area contributed by atoms with E-state index < -0.39 is 11.9 Å². The number of halogens is 2. The lowest BCUT2D eigenvalue weighted by Crippen LogP contribution is -2.42. The normalized spacial score (nSPS) is 22.7. The van der Waals surface area contributed by atoms with E-state index in [4.69, 9.17) is 5.11 Å². The fraction of sp³-hybridized carbons (Fsp3) is 0.667. The molecular weight excluding hydrogens is 192 g/mol. The molecule has 1 heterocycles. The maximum Gasteiger partial charge on any atom is 0.328 e. The summed E-state index contributed by atoms with van der Waals surface area (Å²) in [5.74, 6) is -3.66. The van der Waals surface area contributed by atoms with Gasteiger partial charge in [0.15, 0.2) is 0 Å². The molecule has 0 spiro atoms. The Labute approximate surface area is 81.0 Å². The molecule has 0 aromatic carbocycles. The molecule has 1 saturated heterocycles. The van der Waals surface area contributed by atoms with Crippen molar-refractivity contribution in [2.45, 2.75) is 18.8 Å². The fourth-order valence-electron chi connectivity index (χ4n) is 1.50. The van der Waals surface area contributed by atoms with Crippen molar-refractivity contribution in [3.05, 3.63) is 12.2 Å². The first-order valence-corrected chi connectivity index (χ1v) is 4.49. The summed E-state index contributed by atoms with van der Waals surface area (Å²) in [6.07, 6.45) is 2.77. The molecule has 0 amide bonds. The van der Waals surface area contributed by atoms with Gasteiger partial charge in [-0.05, 0) is 13.0 Å². The van der Waals surface area contributed by atoms with Gasteiger partial charge in [-0.25, -0.2) is 13.6 Å². The smallest absolute Gasteiger partial charge is 0.328 e. The number of carbonyl (C=O) groups is 1. The molecule has 80 valence electrons. The van der Waals surface area contributed by atoms with Crippen LogP contribution in [0.4, 0.5) is 8.78 Å². The molecule has 0 atom stereocenters. The molecule has 3 nitrogen and oxygen atoms in total. The highest BCUT2D eigenvalue weighted by molar-refractivity contribution is 5.79.